The van der Waals surface area contributed by atoms with Gasteiger partial charge in [-0.05, 0) is 13.0 Å². The summed E-state index contributed by atoms with van der Waals surface area (Å²) in [5.41, 5.74) is 0. The van der Waals surface area contributed by atoms with E-state index in [1.807, 2.05) is 23.9 Å². The Hall–Kier alpha value is -1.89. The Morgan fingerprint density at radius 3 is 3.12 bits per heavy atom. The molecule has 0 aliphatic heterocycles. The van der Waals surface area contributed by atoms with Crippen molar-refractivity contribution in [2.45, 2.75) is 19.5 Å². The summed E-state index contributed by atoms with van der Waals surface area (Å²) < 4.78 is 1.81. The van der Waals surface area contributed by atoms with Gasteiger partial charge in [-0.2, -0.15) is 5.10 Å². The van der Waals surface area contributed by atoms with Crippen molar-refractivity contribution in [3.63, 3.8) is 0 Å². The molecular formula is C10H12N4O2S. The van der Waals surface area contributed by atoms with Crippen LogP contribution in [0.3, 0.4) is 0 Å². The Balaban J connectivity index is 1.93. The molecule has 0 radical (unpaired) electrons. The molecule has 7 heteroatoms. The van der Waals surface area contributed by atoms with Gasteiger partial charge in [0.05, 0.1) is 12.7 Å². The van der Waals surface area contributed by atoms with Crippen molar-refractivity contribution < 1.29 is 9.90 Å². The number of rotatable bonds is 5. The van der Waals surface area contributed by atoms with Crippen LogP contribution in [0.25, 0.3) is 0 Å². The maximum Gasteiger partial charge on any atom is 0.347 e. The Bertz CT molecular complexity index is 494. The molecule has 0 spiro atoms. The molecule has 0 saturated heterocycles. The van der Waals surface area contributed by atoms with Gasteiger partial charge in [0.2, 0.25) is 0 Å². The fraction of sp³-hybridized carbons (Fsp3) is 0.300. The van der Waals surface area contributed by atoms with Gasteiger partial charge in [0, 0.05) is 18.4 Å². The molecule has 2 aromatic rings. The van der Waals surface area contributed by atoms with Gasteiger partial charge in [-0.15, -0.1) is 0 Å². The summed E-state index contributed by atoms with van der Waals surface area (Å²) >= 11 is 1.13. The Kier molecular flexibility index (Phi) is 3.38. The van der Waals surface area contributed by atoms with Crippen molar-refractivity contribution in [3.8, 4) is 0 Å². The number of aromatic nitrogens is 3. The average Bonchev–Trinajstić information content (AvgIpc) is 2.88. The number of carbonyl (C=O) groups is 1. The van der Waals surface area contributed by atoms with E-state index in [9.17, 15) is 4.79 Å². The highest BCUT2D eigenvalue weighted by molar-refractivity contribution is 7.17. The quantitative estimate of drug-likeness (QED) is 0.843. The zero-order valence-corrected chi connectivity index (χ0v) is 10.0. The van der Waals surface area contributed by atoms with Gasteiger partial charge in [0.25, 0.3) is 0 Å². The van der Waals surface area contributed by atoms with Crippen molar-refractivity contribution in [2.24, 2.45) is 0 Å². The van der Waals surface area contributed by atoms with Gasteiger partial charge in [0.15, 0.2) is 5.13 Å². The maximum absolute atomic E-state index is 10.7. The molecular weight excluding hydrogens is 240 g/mol. The third-order valence-corrected chi connectivity index (χ3v) is 3.02. The van der Waals surface area contributed by atoms with Crippen molar-refractivity contribution in [3.05, 3.63) is 29.5 Å². The molecule has 0 amide bonds. The van der Waals surface area contributed by atoms with Gasteiger partial charge in [-0.3, -0.25) is 4.68 Å². The minimum Gasteiger partial charge on any atom is -0.477 e. The lowest BCUT2D eigenvalue weighted by Gasteiger charge is -2.12. The summed E-state index contributed by atoms with van der Waals surface area (Å²) in [5.74, 6) is -0.949. The second kappa shape index (κ2) is 4.96. The van der Waals surface area contributed by atoms with Crippen LogP contribution in [0.1, 0.15) is 16.6 Å². The first kappa shape index (κ1) is 11.6. The predicted octanol–water partition coefficient (Wildman–Crippen LogP) is 1.54. The van der Waals surface area contributed by atoms with Crippen molar-refractivity contribution in [1.82, 2.24) is 14.8 Å². The smallest absolute Gasteiger partial charge is 0.347 e. The van der Waals surface area contributed by atoms with E-state index in [2.05, 4.69) is 15.4 Å². The third kappa shape index (κ3) is 3.04. The molecule has 0 aromatic carbocycles. The number of carboxylic acids is 1. The first-order chi connectivity index (χ1) is 8.15. The summed E-state index contributed by atoms with van der Waals surface area (Å²) in [5, 5.41) is 16.6. The van der Waals surface area contributed by atoms with Gasteiger partial charge in [-0.1, -0.05) is 11.3 Å². The summed E-state index contributed by atoms with van der Waals surface area (Å²) in [6, 6.07) is 1.99. The van der Waals surface area contributed by atoms with Crippen molar-refractivity contribution in [1.29, 1.82) is 0 Å². The molecule has 2 rings (SSSR count). The van der Waals surface area contributed by atoms with Gasteiger partial charge in [0.1, 0.15) is 4.88 Å². The second-order valence-electron chi connectivity index (χ2n) is 3.61. The van der Waals surface area contributed by atoms with Gasteiger partial charge >= 0.3 is 5.97 Å². The molecule has 2 aromatic heterocycles. The molecule has 0 saturated carbocycles. The van der Waals surface area contributed by atoms with Gasteiger partial charge in [-0.25, -0.2) is 9.78 Å². The minimum atomic E-state index is -0.949. The molecule has 0 fully saturated rings. The van der Waals surface area contributed by atoms with Crippen LogP contribution < -0.4 is 5.32 Å². The largest absolute Gasteiger partial charge is 0.477 e. The summed E-state index contributed by atoms with van der Waals surface area (Å²) in [6.45, 7) is 2.69. The normalized spacial score (nSPS) is 12.3. The van der Waals surface area contributed by atoms with Crippen molar-refractivity contribution >= 4 is 22.4 Å². The second-order valence-corrected chi connectivity index (χ2v) is 4.64. The molecule has 0 aliphatic rings. The zero-order valence-electron chi connectivity index (χ0n) is 9.20. The lowest BCUT2D eigenvalue weighted by Crippen LogP contribution is -2.22. The number of nitrogens with zero attached hydrogens (tertiary/aromatic N) is 3. The standard InChI is InChI=1S/C10H12N4O2S/c1-7(6-14-4-2-3-12-14)13-10-11-5-8(17-10)9(15)16/h2-5,7H,6H2,1H3,(H,11,13)(H,15,16). The molecule has 1 atom stereocenters. The summed E-state index contributed by atoms with van der Waals surface area (Å²) in [4.78, 5) is 14.9. The predicted molar refractivity (Wildman–Crippen MR) is 64.4 cm³/mol. The average molecular weight is 252 g/mol. The van der Waals surface area contributed by atoms with Crippen LogP contribution in [0.5, 0.6) is 0 Å². The van der Waals surface area contributed by atoms with Crippen LogP contribution in [0.15, 0.2) is 24.7 Å². The number of nitrogens with one attached hydrogen (secondary N) is 1. The SMILES string of the molecule is CC(Cn1cccn1)Nc1ncc(C(=O)O)s1. The van der Waals surface area contributed by atoms with E-state index >= 15 is 0 Å². The maximum atomic E-state index is 10.7. The fourth-order valence-electron chi connectivity index (χ4n) is 1.39. The van der Waals surface area contributed by atoms with Crippen LogP contribution in [0, 0.1) is 0 Å². The van der Waals surface area contributed by atoms with Crippen LogP contribution in [0.2, 0.25) is 0 Å². The van der Waals surface area contributed by atoms with E-state index in [4.69, 9.17) is 5.11 Å². The Labute approximate surface area is 102 Å². The molecule has 0 aliphatic carbocycles. The summed E-state index contributed by atoms with van der Waals surface area (Å²) in [6.07, 6.45) is 4.96. The van der Waals surface area contributed by atoms with Crippen LogP contribution >= 0.6 is 11.3 Å². The fourth-order valence-corrected chi connectivity index (χ4v) is 2.15. The van der Waals surface area contributed by atoms with E-state index in [1.165, 1.54) is 6.20 Å². The summed E-state index contributed by atoms with van der Waals surface area (Å²) in [7, 11) is 0. The monoisotopic (exact) mass is 252 g/mol. The molecule has 0 bridgehead atoms. The first-order valence-corrected chi connectivity index (χ1v) is 5.90. The lowest BCUT2D eigenvalue weighted by molar-refractivity contribution is 0.0702. The molecule has 17 heavy (non-hydrogen) atoms. The number of hydrogen-bond donors (Lipinski definition) is 2. The minimum absolute atomic E-state index is 0.127. The number of aromatic carboxylic acids is 1. The highest BCUT2D eigenvalue weighted by atomic mass is 32.1. The Morgan fingerprint density at radius 2 is 2.53 bits per heavy atom. The van der Waals surface area contributed by atoms with Crippen LogP contribution in [-0.2, 0) is 6.54 Å². The number of carboxylic acid groups (broad SMARTS) is 1. The topological polar surface area (TPSA) is 80.0 Å². The van der Waals surface area contributed by atoms with E-state index in [1.54, 1.807) is 6.20 Å². The highest BCUT2D eigenvalue weighted by Crippen LogP contribution is 2.18. The molecule has 90 valence electrons. The molecule has 1 unspecified atom stereocenters. The van der Waals surface area contributed by atoms with E-state index in [0.29, 0.717) is 11.7 Å². The van der Waals surface area contributed by atoms with E-state index in [-0.39, 0.29) is 10.9 Å². The lowest BCUT2D eigenvalue weighted by atomic mass is 10.3. The van der Waals surface area contributed by atoms with Crippen LogP contribution in [0.4, 0.5) is 5.13 Å². The van der Waals surface area contributed by atoms with Crippen LogP contribution in [-0.4, -0.2) is 31.9 Å². The zero-order chi connectivity index (χ0) is 12.3. The van der Waals surface area contributed by atoms with E-state index < -0.39 is 5.97 Å². The Morgan fingerprint density at radius 1 is 1.71 bits per heavy atom. The van der Waals surface area contributed by atoms with Gasteiger partial charge < -0.3 is 10.4 Å². The number of anilines is 1. The third-order valence-electron chi connectivity index (χ3n) is 2.11. The van der Waals surface area contributed by atoms with E-state index in [0.717, 1.165) is 11.3 Å². The molecule has 2 N–H and O–H groups in total. The molecule has 6 nitrogen and oxygen atoms in total. The number of thiazole rings is 1. The van der Waals surface area contributed by atoms with Crippen molar-refractivity contribution in [2.75, 3.05) is 5.32 Å². The molecule has 2 heterocycles. The number of hydrogen-bond acceptors (Lipinski definition) is 5. The highest BCUT2D eigenvalue weighted by Gasteiger charge is 2.10. The first-order valence-electron chi connectivity index (χ1n) is 5.08.